The van der Waals surface area contributed by atoms with Gasteiger partial charge in [-0.1, -0.05) is 18.2 Å². The summed E-state index contributed by atoms with van der Waals surface area (Å²) in [6.45, 7) is 3.60. The molecule has 1 aromatic rings. The molecule has 0 radical (unpaired) electrons. The maximum atomic E-state index is 12.1. The van der Waals surface area contributed by atoms with E-state index in [9.17, 15) is 13.2 Å². The van der Waals surface area contributed by atoms with E-state index in [1.54, 1.807) is 18.2 Å². The Bertz CT molecular complexity index is 359. The number of allylic oxidation sites excluding steroid dienone is 1. The standard InChI is InChI=1S/C12H14F3NS/c1-2-3-4-11(16)9-5-7-10(8-6-9)17-12(13,14)15/h2,5-8,11H,1,3-4,16H2/t11-/m1/s1. The zero-order chi connectivity index (χ0) is 12.9. The smallest absolute Gasteiger partial charge is 0.324 e. The van der Waals surface area contributed by atoms with Gasteiger partial charge < -0.3 is 5.73 Å². The van der Waals surface area contributed by atoms with Crippen LogP contribution >= 0.6 is 11.8 Å². The fraction of sp³-hybridized carbons (Fsp3) is 0.333. The lowest BCUT2D eigenvalue weighted by Gasteiger charge is -2.11. The Labute approximate surface area is 103 Å². The number of thioether (sulfide) groups is 1. The van der Waals surface area contributed by atoms with Gasteiger partial charge in [-0.05, 0) is 42.3 Å². The lowest BCUT2D eigenvalue weighted by Crippen LogP contribution is -2.09. The molecule has 0 aliphatic rings. The molecule has 5 heteroatoms. The van der Waals surface area contributed by atoms with Crippen LogP contribution in [-0.4, -0.2) is 5.51 Å². The van der Waals surface area contributed by atoms with E-state index >= 15 is 0 Å². The van der Waals surface area contributed by atoms with Crippen molar-refractivity contribution in [2.75, 3.05) is 0 Å². The Morgan fingerprint density at radius 3 is 2.35 bits per heavy atom. The minimum absolute atomic E-state index is 0.118. The van der Waals surface area contributed by atoms with Crippen molar-refractivity contribution < 1.29 is 13.2 Å². The van der Waals surface area contributed by atoms with Gasteiger partial charge in [-0.3, -0.25) is 0 Å². The second-order valence-electron chi connectivity index (χ2n) is 3.59. The van der Waals surface area contributed by atoms with E-state index in [0.29, 0.717) is 0 Å². The summed E-state index contributed by atoms with van der Waals surface area (Å²) in [4.78, 5) is 0.178. The summed E-state index contributed by atoms with van der Waals surface area (Å²) in [6.07, 6.45) is 3.31. The first-order valence-electron chi connectivity index (χ1n) is 5.14. The molecule has 0 aromatic heterocycles. The van der Waals surface area contributed by atoms with E-state index in [2.05, 4.69) is 6.58 Å². The Morgan fingerprint density at radius 1 is 1.29 bits per heavy atom. The van der Waals surface area contributed by atoms with Gasteiger partial charge in [0.1, 0.15) is 0 Å². The van der Waals surface area contributed by atoms with Gasteiger partial charge in [0.05, 0.1) is 0 Å². The number of halogens is 3. The van der Waals surface area contributed by atoms with Crippen LogP contribution in [0.1, 0.15) is 24.4 Å². The van der Waals surface area contributed by atoms with Crippen molar-refractivity contribution in [2.45, 2.75) is 29.3 Å². The Balaban J connectivity index is 2.64. The topological polar surface area (TPSA) is 26.0 Å². The first-order chi connectivity index (χ1) is 7.92. The van der Waals surface area contributed by atoms with Gasteiger partial charge in [0.15, 0.2) is 0 Å². The highest BCUT2D eigenvalue weighted by Gasteiger charge is 2.29. The summed E-state index contributed by atoms with van der Waals surface area (Å²) in [6, 6.07) is 6.02. The van der Waals surface area contributed by atoms with Gasteiger partial charge in [-0.25, -0.2) is 0 Å². The van der Waals surface area contributed by atoms with Gasteiger partial charge in [-0.15, -0.1) is 6.58 Å². The molecule has 0 aliphatic carbocycles. The summed E-state index contributed by atoms with van der Waals surface area (Å²) in [5.41, 5.74) is 2.48. The van der Waals surface area contributed by atoms with Crippen LogP contribution in [-0.2, 0) is 0 Å². The minimum atomic E-state index is -4.24. The van der Waals surface area contributed by atoms with E-state index in [-0.39, 0.29) is 22.7 Å². The molecule has 0 saturated carbocycles. The molecular weight excluding hydrogens is 247 g/mol. The molecular formula is C12H14F3NS. The van der Waals surface area contributed by atoms with Crippen LogP contribution in [0.5, 0.6) is 0 Å². The average molecular weight is 261 g/mol. The molecule has 1 nitrogen and oxygen atoms in total. The molecule has 0 bridgehead atoms. The van der Waals surface area contributed by atoms with Gasteiger partial charge in [0.25, 0.3) is 0 Å². The van der Waals surface area contributed by atoms with Gasteiger partial charge in [-0.2, -0.15) is 13.2 Å². The molecule has 1 atom stereocenters. The maximum Gasteiger partial charge on any atom is 0.446 e. The van der Waals surface area contributed by atoms with E-state index in [1.165, 1.54) is 12.1 Å². The second kappa shape index (κ2) is 6.12. The number of alkyl halides is 3. The summed E-state index contributed by atoms with van der Waals surface area (Å²) < 4.78 is 36.3. The SMILES string of the molecule is C=CCC[C@@H](N)c1ccc(SC(F)(F)F)cc1. The highest BCUT2D eigenvalue weighted by molar-refractivity contribution is 8.00. The summed E-state index contributed by atoms with van der Waals surface area (Å²) in [7, 11) is 0. The first-order valence-corrected chi connectivity index (χ1v) is 5.96. The van der Waals surface area contributed by atoms with E-state index in [0.717, 1.165) is 18.4 Å². The monoisotopic (exact) mass is 261 g/mol. The van der Waals surface area contributed by atoms with Gasteiger partial charge in [0, 0.05) is 10.9 Å². The van der Waals surface area contributed by atoms with Crippen LogP contribution in [0, 0.1) is 0 Å². The number of hydrogen-bond donors (Lipinski definition) is 1. The number of rotatable bonds is 5. The normalized spacial score (nSPS) is 13.4. The van der Waals surface area contributed by atoms with Crippen LogP contribution < -0.4 is 5.73 Å². The molecule has 0 fully saturated rings. The quantitative estimate of drug-likeness (QED) is 0.633. The largest absolute Gasteiger partial charge is 0.446 e. The van der Waals surface area contributed by atoms with E-state index in [1.807, 2.05) is 0 Å². The lowest BCUT2D eigenvalue weighted by molar-refractivity contribution is -0.0328. The third kappa shape index (κ3) is 5.28. The fourth-order valence-electron chi connectivity index (χ4n) is 1.38. The van der Waals surface area contributed by atoms with Crippen molar-refractivity contribution in [3.05, 3.63) is 42.5 Å². The van der Waals surface area contributed by atoms with Gasteiger partial charge in [0.2, 0.25) is 0 Å². The predicted octanol–water partition coefficient (Wildman–Crippen LogP) is 4.26. The van der Waals surface area contributed by atoms with Crippen molar-refractivity contribution in [1.82, 2.24) is 0 Å². The Hall–Kier alpha value is -0.940. The van der Waals surface area contributed by atoms with Crippen LogP contribution in [0.2, 0.25) is 0 Å². The molecule has 0 heterocycles. The summed E-state index contributed by atoms with van der Waals surface area (Å²) in [5.74, 6) is 0. The molecule has 17 heavy (non-hydrogen) atoms. The summed E-state index contributed by atoms with van der Waals surface area (Å²) in [5, 5.41) is 0. The maximum absolute atomic E-state index is 12.1. The van der Waals surface area contributed by atoms with Crippen molar-refractivity contribution in [1.29, 1.82) is 0 Å². The van der Waals surface area contributed by atoms with Crippen LogP contribution in [0.15, 0.2) is 41.8 Å². The van der Waals surface area contributed by atoms with Crippen molar-refractivity contribution in [2.24, 2.45) is 5.73 Å². The van der Waals surface area contributed by atoms with E-state index < -0.39 is 5.51 Å². The predicted molar refractivity (Wildman–Crippen MR) is 64.7 cm³/mol. The molecule has 0 amide bonds. The van der Waals surface area contributed by atoms with Crippen LogP contribution in [0.3, 0.4) is 0 Å². The zero-order valence-electron chi connectivity index (χ0n) is 9.20. The number of hydrogen-bond acceptors (Lipinski definition) is 2. The second-order valence-corrected chi connectivity index (χ2v) is 4.73. The minimum Gasteiger partial charge on any atom is -0.324 e. The average Bonchev–Trinajstić information content (AvgIpc) is 2.24. The highest BCUT2D eigenvalue weighted by Crippen LogP contribution is 2.37. The molecule has 0 aliphatic heterocycles. The fourth-order valence-corrected chi connectivity index (χ4v) is 1.92. The van der Waals surface area contributed by atoms with Gasteiger partial charge >= 0.3 is 5.51 Å². The molecule has 0 saturated heterocycles. The summed E-state index contributed by atoms with van der Waals surface area (Å²) >= 11 is -0.118. The molecule has 0 unspecified atom stereocenters. The van der Waals surface area contributed by atoms with Crippen molar-refractivity contribution >= 4 is 11.8 Å². The zero-order valence-corrected chi connectivity index (χ0v) is 10.0. The number of benzene rings is 1. The molecule has 0 spiro atoms. The highest BCUT2D eigenvalue weighted by atomic mass is 32.2. The molecule has 1 aromatic carbocycles. The number of nitrogens with two attached hydrogens (primary N) is 1. The first kappa shape index (κ1) is 14.1. The Kier molecular flexibility index (Phi) is 5.08. The van der Waals surface area contributed by atoms with Crippen molar-refractivity contribution in [3.63, 3.8) is 0 Å². The lowest BCUT2D eigenvalue weighted by atomic mass is 10.0. The Morgan fingerprint density at radius 2 is 1.88 bits per heavy atom. The molecule has 2 N–H and O–H groups in total. The van der Waals surface area contributed by atoms with Crippen LogP contribution in [0.25, 0.3) is 0 Å². The van der Waals surface area contributed by atoms with Crippen molar-refractivity contribution in [3.8, 4) is 0 Å². The van der Waals surface area contributed by atoms with Crippen LogP contribution in [0.4, 0.5) is 13.2 Å². The molecule has 1 rings (SSSR count). The third-order valence-corrected chi connectivity index (χ3v) is 2.96. The molecule has 94 valence electrons. The third-order valence-electron chi connectivity index (χ3n) is 2.22. The van der Waals surface area contributed by atoms with E-state index in [4.69, 9.17) is 5.73 Å².